The second-order valence-corrected chi connectivity index (χ2v) is 6.46. The van der Waals surface area contributed by atoms with E-state index in [9.17, 15) is 9.59 Å². The molecule has 0 radical (unpaired) electrons. The van der Waals surface area contributed by atoms with Crippen LogP contribution < -0.4 is 0 Å². The zero-order valence-electron chi connectivity index (χ0n) is 13.3. The quantitative estimate of drug-likeness (QED) is 0.807. The minimum atomic E-state index is -0.980. The van der Waals surface area contributed by atoms with Crippen LogP contribution in [0.2, 0.25) is 0 Å². The first-order valence-corrected chi connectivity index (χ1v) is 8.27. The van der Waals surface area contributed by atoms with E-state index in [0.717, 1.165) is 19.3 Å². The number of hydrogen-bond acceptors (Lipinski definition) is 4. The molecule has 2 aliphatic rings. The van der Waals surface area contributed by atoms with Crippen LogP contribution in [-0.2, 0) is 19.1 Å². The molecule has 2 atom stereocenters. The molecule has 1 aliphatic carbocycles. The van der Waals surface area contributed by atoms with Crippen LogP contribution in [-0.4, -0.2) is 60.4 Å². The molecule has 1 aliphatic heterocycles. The maximum Gasteiger partial charge on any atom is 0.323 e. The first kappa shape index (κ1) is 17.2. The Balaban J connectivity index is 1.85. The van der Waals surface area contributed by atoms with Crippen molar-refractivity contribution >= 4 is 11.9 Å². The Hall–Kier alpha value is -1.14. The van der Waals surface area contributed by atoms with Crippen molar-refractivity contribution in [2.24, 2.45) is 5.92 Å². The highest BCUT2D eigenvalue weighted by Gasteiger charge is 2.28. The summed E-state index contributed by atoms with van der Waals surface area (Å²) in [6.07, 6.45) is 5.87. The molecule has 0 bridgehead atoms. The molecular formula is C16H27NO5. The number of rotatable bonds is 6. The number of carboxylic acid groups (broad SMARTS) is 1. The van der Waals surface area contributed by atoms with Crippen molar-refractivity contribution in [3.05, 3.63) is 0 Å². The summed E-state index contributed by atoms with van der Waals surface area (Å²) in [6.45, 7) is 3.09. The minimum absolute atomic E-state index is 0.0119. The smallest absolute Gasteiger partial charge is 0.323 e. The van der Waals surface area contributed by atoms with E-state index >= 15 is 0 Å². The van der Waals surface area contributed by atoms with Crippen molar-refractivity contribution in [3.63, 3.8) is 0 Å². The summed E-state index contributed by atoms with van der Waals surface area (Å²) in [5.41, 5.74) is 0. The Bertz CT molecular complexity index is 381. The molecule has 2 fully saturated rings. The third-order valence-corrected chi connectivity index (χ3v) is 4.59. The second-order valence-electron chi connectivity index (χ2n) is 6.46. The zero-order valence-corrected chi connectivity index (χ0v) is 13.3. The lowest BCUT2D eigenvalue weighted by Gasteiger charge is -2.34. The molecule has 6 heteroatoms. The van der Waals surface area contributed by atoms with E-state index in [1.807, 2.05) is 0 Å². The van der Waals surface area contributed by atoms with Crippen LogP contribution in [0, 0.1) is 5.92 Å². The summed E-state index contributed by atoms with van der Waals surface area (Å²) >= 11 is 0. The Labute approximate surface area is 131 Å². The number of carbonyl (C=O) groups excluding carboxylic acids is 1. The normalized spacial score (nSPS) is 26.6. The highest BCUT2D eigenvalue weighted by Crippen LogP contribution is 2.25. The summed E-state index contributed by atoms with van der Waals surface area (Å²) in [6, 6.07) is -0.0498. The van der Waals surface area contributed by atoms with Crippen LogP contribution in [0.25, 0.3) is 0 Å². The number of nitrogens with zero attached hydrogens (tertiary/aromatic N) is 1. The molecule has 0 spiro atoms. The molecule has 0 unspecified atom stereocenters. The van der Waals surface area contributed by atoms with Gasteiger partial charge in [-0.3, -0.25) is 9.59 Å². The summed E-state index contributed by atoms with van der Waals surface area (Å²) in [5.74, 6) is -0.557. The monoisotopic (exact) mass is 313 g/mol. The van der Waals surface area contributed by atoms with Gasteiger partial charge in [-0.1, -0.05) is 19.8 Å². The van der Waals surface area contributed by atoms with Crippen LogP contribution in [0.4, 0.5) is 0 Å². The van der Waals surface area contributed by atoms with Crippen molar-refractivity contribution in [2.75, 3.05) is 26.4 Å². The number of carboxylic acids is 1. The average Bonchev–Trinajstić information content (AvgIpc) is 2.51. The van der Waals surface area contributed by atoms with Gasteiger partial charge >= 0.3 is 5.97 Å². The lowest BCUT2D eigenvalue weighted by molar-refractivity contribution is -0.151. The Morgan fingerprint density at radius 2 is 1.95 bits per heavy atom. The van der Waals surface area contributed by atoms with Gasteiger partial charge in [0.25, 0.3) is 0 Å². The van der Waals surface area contributed by atoms with Gasteiger partial charge in [-0.25, -0.2) is 0 Å². The van der Waals surface area contributed by atoms with Gasteiger partial charge in [0, 0.05) is 19.3 Å². The molecule has 1 heterocycles. The number of ether oxygens (including phenoxy) is 2. The summed E-state index contributed by atoms with van der Waals surface area (Å²) < 4.78 is 11.0. The van der Waals surface area contributed by atoms with E-state index in [0.29, 0.717) is 32.0 Å². The molecule has 2 rings (SSSR count). The van der Waals surface area contributed by atoms with Crippen molar-refractivity contribution < 1.29 is 24.2 Å². The molecule has 22 heavy (non-hydrogen) atoms. The lowest BCUT2D eigenvalue weighted by atomic mass is 9.89. The summed E-state index contributed by atoms with van der Waals surface area (Å²) in [4.78, 5) is 24.9. The minimum Gasteiger partial charge on any atom is -0.480 e. The highest BCUT2D eigenvalue weighted by molar-refractivity contribution is 5.82. The summed E-state index contributed by atoms with van der Waals surface area (Å²) in [7, 11) is 0. The Morgan fingerprint density at radius 3 is 2.59 bits per heavy atom. The number of hydrogen-bond donors (Lipinski definition) is 1. The molecule has 126 valence electrons. The Kier molecular flexibility index (Phi) is 6.64. The molecule has 0 aromatic rings. The molecule has 1 saturated carbocycles. The van der Waals surface area contributed by atoms with Crippen molar-refractivity contribution in [1.29, 1.82) is 0 Å². The van der Waals surface area contributed by atoms with Crippen LogP contribution in [0.5, 0.6) is 0 Å². The number of amides is 1. The SMILES string of the molecule is C[C@H]1CCC[C@@H](OCC(=O)N(CC(=O)O)C2CCOCC2)C1. The fraction of sp³-hybridized carbons (Fsp3) is 0.875. The van der Waals surface area contributed by atoms with E-state index in [-0.39, 0.29) is 31.2 Å². The van der Waals surface area contributed by atoms with Crippen molar-refractivity contribution in [1.82, 2.24) is 4.90 Å². The molecule has 0 aromatic heterocycles. The van der Waals surface area contributed by atoms with Gasteiger partial charge in [0.1, 0.15) is 13.2 Å². The standard InChI is InChI=1S/C16H27NO5/c1-12-3-2-4-14(9-12)22-11-15(18)17(10-16(19)20)13-5-7-21-8-6-13/h12-14H,2-11H2,1H3,(H,19,20)/t12-,14+/m0/s1. The van der Waals surface area contributed by atoms with Gasteiger partial charge in [0.05, 0.1) is 6.10 Å². The van der Waals surface area contributed by atoms with E-state index in [1.54, 1.807) is 0 Å². The topological polar surface area (TPSA) is 76.1 Å². The van der Waals surface area contributed by atoms with Crippen LogP contribution in [0.1, 0.15) is 45.4 Å². The maximum atomic E-state index is 12.4. The fourth-order valence-electron chi connectivity index (χ4n) is 3.37. The first-order chi connectivity index (χ1) is 10.6. The van der Waals surface area contributed by atoms with Gasteiger partial charge in [-0.05, 0) is 31.6 Å². The second kappa shape index (κ2) is 8.48. The average molecular weight is 313 g/mol. The van der Waals surface area contributed by atoms with Gasteiger partial charge in [-0.15, -0.1) is 0 Å². The van der Waals surface area contributed by atoms with E-state index in [2.05, 4.69) is 6.92 Å². The van der Waals surface area contributed by atoms with E-state index in [1.165, 1.54) is 11.3 Å². The zero-order chi connectivity index (χ0) is 15.9. The third kappa shape index (κ3) is 5.25. The third-order valence-electron chi connectivity index (χ3n) is 4.59. The molecule has 1 saturated heterocycles. The van der Waals surface area contributed by atoms with Gasteiger partial charge in [-0.2, -0.15) is 0 Å². The molecular weight excluding hydrogens is 286 g/mol. The van der Waals surface area contributed by atoms with Crippen LogP contribution >= 0.6 is 0 Å². The fourth-order valence-corrected chi connectivity index (χ4v) is 3.37. The van der Waals surface area contributed by atoms with Crippen LogP contribution in [0.15, 0.2) is 0 Å². The van der Waals surface area contributed by atoms with Gasteiger partial charge in [0.2, 0.25) is 5.91 Å². The molecule has 0 aromatic carbocycles. The predicted octanol–water partition coefficient (Wildman–Crippen LogP) is 1.67. The number of carbonyl (C=O) groups is 2. The largest absolute Gasteiger partial charge is 0.480 e. The molecule has 1 amide bonds. The highest BCUT2D eigenvalue weighted by atomic mass is 16.5. The van der Waals surface area contributed by atoms with Crippen LogP contribution in [0.3, 0.4) is 0 Å². The van der Waals surface area contributed by atoms with Gasteiger partial charge in [0.15, 0.2) is 0 Å². The number of aliphatic carboxylic acids is 1. The van der Waals surface area contributed by atoms with E-state index < -0.39 is 5.97 Å². The van der Waals surface area contributed by atoms with Crippen molar-refractivity contribution in [3.8, 4) is 0 Å². The predicted molar refractivity (Wildman–Crippen MR) is 80.6 cm³/mol. The van der Waals surface area contributed by atoms with Crippen molar-refractivity contribution in [2.45, 2.75) is 57.6 Å². The van der Waals surface area contributed by atoms with E-state index in [4.69, 9.17) is 14.6 Å². The summed E-state index contributed by atoms with van der Waals surface area (Å²) in [5, 5.41) is 9.05. The lowest BCUT2D eigenvalue weighted by Crippen LogP contribution is -2.47. The van der Waals surface area contributed by atoms with Gasteiger partial charge < -0.3 is 19.5 Å². The maximum absolute atomic E-state index is 12.4. The molecule has 1 N–H and O–H groups in total. The Morgan fingerprint density at radius 1 is 1.23 bits per heavy atom. The molecule has 6 nitrogen and oxygen atoms in total. The first-order valence-electron chi connectivity index (χ1n) is 8.27.